The quantitative estimate of drug-likeness (QED) is 0.752. The second kappa shape index (κ2) is 5.19. The van der Waals surface area contributed by atoms with E-state index in [1.165, 1.54) is 6.92 Å². The maximum atomic E-state index is 13.0. The first-order chi connectivity index (χ1) is 10.4. The van der Waals surface area contributed by atoms with Crippen LogP contribution < -0.4 is 0 Å². The molecule has 6 heteroatoms. The third-order valence-electron chi connectivity index (χ3n) is 3.80. The highest BCUT2D eigenvalue weighted by atomic mass is 19.4. The maximum Gasteiger partial charge on any atom is 0.486 e. The first-order valence-corrected chi connectivity index (χ1v) is 7.10. The molecule has 3 nitrogen and oxygen atoms in total. The highest BCUT2D eigenvalue weighted by Gasteiger charge is 2.41. The summed E-state index contributed by atoms with van der Waals surface area (Å²) in [6.07, 6.45) is -3.69. The van der Waals surface area contributed by atoms with Crippen molar-refractivity contribution < 1.29 is 13.2 Å². The molecule has 1 aromatic heterocycles. The Balaban J connectivity index is 2.14. The molecule has 2 aromatic rings. The minimum Gasteiger partial charge on any atom is -0.298 e. The monoisotopic (exact) mass is 307 g/mol. The van der Waals surface area contributed by atoms with Crippen molar-refractivity contribution in [1.82, 2.24) is 9.47 Å². The molecule has 0 aliphatic carbocycles. The zero-order valence-corrected chi connectivity index (χ0v) is 12.4. The Morgan fingerprint density at radius 1 is 1.18 bits per heavy atom. The Morgan fingerprint density at radius 2 is 1.86 bits per heavy atom. The van der Waals surface area contributed by atoms with Crippen LogP contribution in [0.2, 0.25) is 0 Å². The summed E-state index contributed by atoms with van der Waals surface area (Å²) in [5, 5.41) is 0. The molecule has 0 unspecified atom stereocenters. The molecule has 0 saturated carbocycles. The predicted molar refractivity (Wildman–Crippen MR) is 79.5 cm³/mol. The van der Waals surface area contributed by atoms with Crippen LogP contribution in [0.1, 0.15) is 25.1 Å². The lowest BCUT2D eigenvalue weighted by molar-refractivity contribution is -0.221. The van der Waals surface area contributed by atoms with Gasteiger partial charge in [0, 0.05) is 16.9 Å². The number of benzene rings is 1. The molecule has 1 aliphatic heterocycles. The van der Waals surface area contributed by atoms with E-state index in [1.54, 1.807) is 0 Å². The highest BCUT2D eigenvalue weighted by Crippen LogP contribution is 2.36. The molecule has 116 valence electrons. The summed E-state index contributed by atoms with van der Waals surface area (Å²) in [4.78, 5) is 4.60. The van der Waals surface area contributed by atoms with Crippen LogP contribution in [-0.2, 0) is 13.0 Å². The number of alkyl halides is 3. The number of amidine groups is 1. The molecule has 3 rings (SSSR count). The summed E-state index contributed by atoms with van der Waals surface area (Å²) in [5.41, 5.74) is 2.47. The zero-order chi connectivity index (χ0) is 15.9. The van der Waals surface area contributed by atoms with Crippen molar-refractivity contribution in [3.8, 4) is 5.69 Å². The van der Waals surface area contributed by atoms with Crippen molar-refractivity contribution in [2.75, 3.05) is 0 Å². The highest BCUT2D eigenvalue weighted by molar-refractivity contribution is 5.85. The van der Waals surface area contributed by atoms with Crippen molar-refractivity contribution in [3.63, 3.8) is 0 Å². The first kappa shape index (κ1) is 14.7. The molecule has 0 saturated heterocycles. The van der Waals surface area contributed by atoms with Gasteiger partial charge in [-0.3, -0.25) is 9.47 Å². The van der Waals surface area contributed by atoms with Gasteiger partial charge in [0.2, 0.25) is 0 Å². The van der Waals surface area contributed by atoms with E-state index in [0.29, 0.717) is 16.3 Å². The number of para-hydroxylation sites is 1. The normalized spacial score (nSPS) is 14.8. The van der Waals surface area contributed by atoms with E-state index in [9.17, 15) is 13.2 Å². The summed E-state index contributed by atoms with van der Waals surface area (Å²) in [6.45, 7) is 3.18. The molecule has 0 amide bonds. The number of aromatic nitrogens is 1. The number of aryl methyl sites for hydroxylation is 1. The predicted octanol–water partition coefficient (Wildman–Crippen LogP) is 4.43. The Kier molecular flexibility index (Phi) is 3.47. The fourth-order valence-corrected chi connectivity index (χ4v) is 2.74. The minimum atomic E-state index is -4.41. The summed E-state index contributed by atoms with van der Waals surface area (Å²) in [7, 11) is 0. The van der Waals surface area contributed by atoms with Gasteiger partial charge in [-0.2, -0.15) is 13.2 Å². The second-order valence-electron chi connectivity index (χ2n) is 5.22. The molecule has 22 heavy (non-hydrogen) atoms. The van der Waals surface area contributed by atoms with Crippen LogP contribution >= 0.6 is 0 Å². The van der Waals surface area contributed by atoms with E-state index >= 15 is 0 Å². The Morgan fingerprint density at radius 3 is 2.45 bits per heavy atom. The second-order valence-corrected chi connectivity index (χ2v) is 5.22. The number of rotatable bonds is 2. The molecule has 2 heterocycles. The third kappa shape index (κ3) is 2.38. The molecular formula is C16H16F3N3. The molecular weight excluding hydrogens is 291 g/mol. The zero-order valence-electron chi connectivity index (χ0n) is 12.4. The molecule has 0 N–H and O–H groups in total. The summed E-state index contributed by atoms with van der Waals surface area (Å²) < 4.78 is 41.0. The third-order valence-corrected chi connectivity index (χ3v) is 3.80. The summed E-state index contributed by atoms with van der Waals surface area (Å²) >= 11 is 0. The van der Waals surface area contributed by atoms with Gasteiger partial charge in [0.05, 0.1) is 6.54 Å². The van der Waals surface area contributed by atoms with E-state index in [4.69, 9.17) is 0 Å². The molecule has 0 bridgehead atoms. The van der Waals surface area contributed by atoms with Crippen LogP contribution in [0.5, 0.6) is 0 Å². The van der Waals surface area contributed by atoms with Gasteiger partial charge in [0.25, 0.3) is 0 Å². The molecule has 0 spiro atoms. The Labute approximate surface area is 126 Å². The lowest BCUT2D eigenvalue weighted by atomic mass is 10.2. The van der Waals surface area contributed by atoms with E-state index in [1.807, 2.05) is 47.9 Å². The maximum absolute atomic E-state index is 13.0. The number of hydrogen-bond donors (Lipinski definition) is 0. The number of aliphatic imine (C=N–C) groups is 1. The minimum absolute atomic E-state index is 0.0297. The van der Waals surface area contributed by atoms with E-state index in [-0.39, 0.29) is 12.4 Å². The van der Waals surface area contributed by atoms with Crippen molar-refractivity contribution in [2.45, 2.75) is 33.1 Å². The van der Waals surface area contributed by atoms with Crippen LogP contribution in [0.25, 0.3) is 5.69 Å². The van der Waals surface area contributed by atoms with E-state index < -0.39 is 6.30 Å². The number of fused-ring (bicyclic) bond motifs is 1. The van der Waals surface area contributed by atoms with Crippen LogP contribution in [0.3, 0.4) is 0 Å². The van der Waals surface area contributed by atoms with Crippen molar-refractivity contribution in [2.24, 2.45) is 4.99 Å². The van der Waals surface area contributed by atoms with E-state index in [0.717, 1.165) is 17.8 Å². The standard InChI is InChI=1S/C16H16F3N3/c1-3-13-9-12-10-21(16(17,18)19)11(2)20-15(12)22(13)14-7-5-4-6-8-14/h4-9H,3,10H2,1-2H3. The average molecular weight is 307 g/mol. The molecule has 1 aliphatic rings. The largest absolute Gasteiger partial charge is 0.486 e. The van der Waals surface area contributed by atoms with Gasteiger partial charge in [-0.05, 0) is 31.5 Å². The summed E-state index contributed by atoms with van der Waals surface area (Å²) in [5.74, 6) is 0.569. The SMILES string of the molecule is CCc1cc2c(n1-c1ccccc1)N=C(C)N(C(F)(F)F)C2. The number of nitrogens with zero attached hydrogens (tertiary/aromatic N) is 3. The molecule has 0 atom stereocenters. The fourth-order valence-electron chi connectivity index (χ4n) is 2.74. The van der Waals surface area contributed by atoms with Crippen LogP contribution in [-0.4, -0.2) is 21.6 Å². The summed E-state index contributed by atoms with van der Waals surface area (Å²) in [6, 6.07) is 11.4. The van der Waals surface area contributed by atoms with Gasteiger partial charge in [0.15, 0.2) is 0 Å². The Bertz CT molecular complexity index is 714. The number of hydrogen-bond acceptors (Lipinski definition) is 2. The lowest BCUT2D eigenvalue weighted by Gasteiger charge is -2.29. The van der Waals surface area contributed by atoms with Gasteiger partial charge < -0.3 is 0 Å². The average Bonchev–Trinajstić information content (AvgIpc) is 2.83. The van der Waals surface area contributed by atoms with Crippen LogP contribution in [0.4, 0.5) is 19.0 Å². The molecule has 0 radical (unpaired) electrons. The van der Waals surface area contributed by atoms with Gasteiger partial charge in [-0.1, -0.05) is 25.1 Å². The van der Waals surface area contributed by atoms with Gasteiger partial charge >= 0.3 is 6.30 Å². The van der Waals surface area contributed by atoms with Crippen LogP contribution in [0.15, 0.2) is 41.4 Å². The lowest BCUT2D eigenvalue weighted by Crippen LogP contribution is -2.42. The fraction of sp³-hybridized carbons (Fsp3) is 0.312. The van der Waals surface area contributed by atoms with Crippen molar-refractivity contribution in [1.29, 1.82) is 0 Å². The topological polar surface area (TPSA) is 20.5 Å². The molecule has 0 fully saturated rings. The number of halogens is 3. The smallest absolute Gasteiger partial charge is 0.298 e. The first-order valence-electron chi connectivity index (χ1n) is 7.10. The van der Waals surface area contributed by atoms with Gasteiger partial charge in [-0.25, -0.2) is 4.99 Å². The van der Waals surface area contributed by atoms with Gasteiger partial charge in [0.1, 0.15) is 11.7 Å². The Hall–Kier alpha value is -2.24. The van der Waals surface area contributed by atoms with Crippen molar-refractivity contribution in [3.05, 3.63) is 47.7 Å². The van der Waals surface area contributed by atoms with Crippen molar-refractivity contribution >= 4 is 11.7 Å². The van der Waals surface area contributed by atoms with E-state index in [2.05, 4.69) is 4.99 Å². The van der Waals surface area contributed by atoms with Crippen LogP contribution in [0, 0.1) is 0 Å². The molecule has 1 aromatic carbocycles. The van der Waals surface area contributed by atoms with Gasteiger partial charge in [-0.15, -0.1) is 0 Å².